The monoisotopic (exact) mass is 249 g/mol. The number of aliphatic hydroxyl groups excluding tert-OH is 1. The minimum absolute atomic E-state index is 0.00319. The number of aliphatic hydroxyl groups is 1. The van der Waals surface area contributed by atoms with E-state index in [-0.39, 0.29) is 30.9 Å². The molecule has 4 nitrogen and oxygen atoms in total. The molecule has 2 atom stereocenters. The van der Waals surface area contributed by atoms with Gasteiger partial charge < -0.3 is 9.84 Å². The molecule has 1 fully saturated rings. The van der Waals surface area contributed by atoms with Crippen molar-refractivity contribution in [2.24, 2.45) is 0 Å². The van der Waals surface area contributed by atoms with E-state index < -0.39 is 0 Å². The number of carbonyl (C=O) groups is 1. The van der Waals surface area contributed by atoms with Crippen molar-refractivity contribution < 1.29 is 14.6 Å². The Labute approximate surface area is 107 Å². The van der Waals surface area contributed by atoms with Crippen LogP contribution in [0.25, 0.3) is 0 Å². The molecule has 98 valence electrons. The average molecular weight is 249 g/mol. The number of hydrogen-bond acceptors (Lipinski definition) is 3. The molecule has 4 heteroatoms. The molecule has 0 unspecified atom stereocenters. The van der Waals surface area contributed by atoms with Crippen LogP contribution in [0.5, 0.6) is 0 Å². The Morgan fingerprint density at radius 2 is 2.17 bits per heavy atom. The minimum Gasteiger partial charge on any atom is -0.439 e. The number of benzene rings is 1. The van der Waals surface area contributed by atoms with Gasteiger partial charge in [0.05, 0.1) is 12.6 Å². The molecule has 2 rings (SSSR count). The van der Waals surface area contributed by atoms with E-state index in [1.165, 1.54) is 0 Å². The molecule has 1 amide bonds. The van der Waals surface area contributed by atoms with Gasteiger partial charge in [0, 0.05) is 6.04 Å². The van der Waals surface area contributed by atoms with Gasteiger partial charge in [0.1, 0.15) is 6.10 Å². The van der Waals surface area contributed by atoms with Crippen LogP contribution >= 0.6 is 0 Å². The van der Waals surface area contributed by atoms with Crippen molar-refractivity contribution in [3.05, 3.63) is 35.4 Å². The summed E-state index contributed by atoms with van der Waals surface area (Å²) in [5.74, 6) is 0. The summed E-state index contributed by atoms with van der Waals surface area (Å²) in [4.78, 5) is 13.6. The third kappa shape index (κ3) is 2.20. The first kappa shape index (κ1) is 12.9. The van der Waals surface area contributed by atoms with Crippen molar-refractivity contribution in [1.82, 2.24) is 4.90 Å². The highest BCUT2D eigenvalue weighted by atomic mass is 16.6. The van der Waals surface area contributed by atoms with Gasteiger partial charge >= 0.3 is 6.09 Å². The smallest absolute Gasteiger partial charge is 0.411 e. The summed E-state index contributed by atoms with van der Waals surface area (Å²) in [5, 5.41) is 9.14. The summed E-state index contributed by atoms with van der Waals surface area (Å²) >= 11 is 0. The maximum Gasteiger partial charge on any atom is 0.411 e. The highest BCUT2D eigenvalue weighted by Crippen LogP contribution is 2.33. The SMILES string of the molecule is CC(C)N1C(=O)O[C@H](c2cccc(CO)c2)[C@@H]1C. The molecule has 1 aliphatic heterocycles. The molecule has 1 saturated heterocycles. The Hall–Kier alpha value is -1.55. The van der Waals surface area contributed by atoms with Gasteiger partial charge in [-0.15, -0.1) is 0 Å². The normalized spacial score (nSPS) is 23.6. The molecule has 0 saturated carbocycles. The largest absolute Gasteiger partial charge is 0.439 e. The topological polar surface area (TPSA) is 49.8 Å². The standard InChI is InChI=1S/C14H19NO3/c1-9(2)15-10(3)13(18-14(15)17)12-6-4-5-11(7-12)8-16/h4-7,9-10,13,16H,8H2,1-3H3/t10-,13-/m0/s1. The van der Waals surface area contributed by atoms with Crippen molar-refractivity contribution >= 4 is 6.09 Å². The third-order valence-electron chi connectivity index (χ3n) is 3.33. The van der Waals surface area contributed by atoms with Crippen LogP contribution in [0.15, 0.2) is 24.3 Å². The highest BCUT2D eigenvalue weighted by Gasteiger charge is 2.40. The van der Waals surface area contributed by atoms with Gasteiger partial charge in [0.25, 0.3) is 0 Å². The van der Waals surface area contributed by atoms with E-state index in [0.29, 0.717) is 0 Å². The first-order chi connectivity index (χ1) is 8.54. The lowest BCUT2D eigenvalue weighted by molar-refractivity contribution is 0.129. The van der Waals surface area contributed by atoms with E-state index in [0.717, 1.165) is 11.1 Å². The van der Waals surface area contributed by atoms with E-state index >= 15 is 0 Å². The fourth-order valence-electron chi connectivity index (χ4n) is 2.48. The van der Waals surface area contributed by atoms with Gasteiger partial charge in [-0.3, -0.25) is 4.90 Å². The molecule has 1 aliphatic rings. The zero-order valence-corrected chi connectivity index (χ0v) is 11.0. The van der Waals surface area contributed by atoms with Gasteiger partial charge in [0.2, 0.25) is 0 Å². The molecule has 0 bridgehead atoms. The Bertz CT molecular complexity index is 444. The molecule has 1 aromatic rings. The number of carbonyl (C=O) groups excluding carboxylic acids is 1. The van der Waals surface area contributed by atoms with Crippen molar-refractivity contribution in [2.75, 3.05) is 0 Å². The van der Waals surface area contributed by atoms with Crippen LogP contribution in [0.3, 0.4) is 0 Å². The van der Waals surface area contributed by atoms with Crippen LogP contribution in [0.2, 0.25) is 0 Å². The predicted molar refractivity (Wildman–Crippen MR) is 68.0 cm³/mol. The van der Waals surface area contributed by atoms with Crippen molar-refractivity contribution in [3.8, 4) is 0 Å². The molecule has 1 aromatic carbocycles. The fourth-order valence-corrected chi connectivity index (χ4v) is 2.48. The third-order valence-corrected chi connectivity index (χ3v) is 3.33. The molecule has 0 aromatic heterocycles. The number of cyclic esters (lactones) is 1. The molecular weight excluding hydrogens is 230 g/mol. The summed E-state index contributed by atoms with van der Waals surface area (Å²) in [6, 6.07) is 7.67. The first-order valence-electron chi connectivity index (χ1n) is 6.23. The van der Waals surface area contributed by atoms with Crippen molar-refractivity contribution in [2.45, 2.75) is 45.6 Å². The maximum absolute atomic E-state index is 11.8. The molecule has 1 N–H and O–H groups in total. The summed E-state index contributed by atoms with van der Waals surface area (Å²) < 4.78 is 5.44. The summed E-state index contributed by atoms with van der Waals surface area (Å²) in [6.45, 7) is 5.94. The van der Waals surface area contributed by atoms with Crippen molar-refractivity contribution in [1.29, 1.82) is 0 Å². The van der Waals surface area contributed by atoms with E-state index in [9.17, 15) is 4.79 Å². The van der Waals surface area contributed by atoms with E-state index in [1.807, 2.05) is 45.0 Å². The van der Waals surface area contributed by atoms with Crippen LogP contribution < -0.4 is 0 Å². The summed E-state index contributed by atoms with van der Waals surface area (Å²) in [5.41, 5.74) is 1.77. The van der Waals surface area contributed by atoms with E-state index in [2.05, 4.69) is 0 Å². The maximum atomic E-state index is 11.8. The number of ether oxygens (including phenoxy) is 1. The summed E-state index contributed by atoms with van der Waals surface area (Å²) in [6.07, 6.45) is -0.525. The van der Waals surface area contributed by atoms with Crippen LogP contribution in [0, 0.1) is 0 Å². The summed E-state index contributed by atoms with van der Waals surface area (Å²) in [7, 11) is 0. The Kier molecular flexibility index (Phi) is 3.57. The van der Waals surface area contributed by atoms with Gasteiger partial charge in [-0.05, 0) is 38.0 Å². The van der Waals surface area contributed by atoms with E-state index in [4.69, 9.17) is 9.84 Å². The number of hydrogen-bond donors (Lipinski definition) is 1. The highest BCUT2D eigenvalue weighted by molar-refractivity contribution is 5.71. The number of nitrogens with zero attached hydrogens (tertiary/aromatic N) is 1. The Balaban J connectivity index is 2.26. The van der Waals surface area contributed by atoms with Gasteiger partial charge in [-0.25, -0.2) is 4.79 Å². The van der Waals surface area contributed by atoms with Gasteiger partial charge in [-0.2, -0.15) is 0 Å². The molecule has 0 aliphatic carbocycles. The van der Waals surface area contributed by atoms with Crippen LogP contribution in [-0.4, -0.2) is 28.2 Å². The molecule has 0 radical (unpaired) electrons. The lowest BCUT2D eigenvalue weighted by Crippen LogP contribution is -2.37. The Morgan fingerprint density at radius 3 is 2.72 bits per heavy atom. The lowest BCUT2D eigenvalue weighted by atomic mass is 10.0. The molecular formula is C14H19NO3. The fraction of sp³-hybridized carbons (Fsp3) is 0.500. The molecule has 1 heterocycles. The second kappa shape index (κ2) is 4.98. The Morgan fingerprint density at radius 1 is 1.44 bits per heavy atom. The lowest BCUT2D eigenvalue weighted by Gasteiger charge is -2.24. The van der Waals surface area contributed by atoms with Crippen LogP contribution in [-0.2, 0) is 11.3 Å². The average Bonchev–Trinajstić information content (AvgIpc) is 2.65. The first-order valence-corrected chi connectivity index (χ1v) is 6.23. The number of rotatable bonds is 3. The van der Waals surface area contributed by atoms with Crippen LogP contribution in [0.4, 0.5) is 4.79 Å². The van der Waals surface area contributed by atoms with Gasteiger partial charge in [0.15, 0.2) is 0 Å². The second-order valence-electron chi connectivity index (χ2n) is 4.95. The quantitative estimate of drug-likeness (QED) is 0.895. The predicted octanol–water partition coefficient (Wildman–Crippen LogP) is 2.47. The number of amides is 1. The molecule has 18 heavy (non-hydrogen) atoms. The van der Waals surface area contributed by atoms with Crippen LogP contribution in [0.1, 0.15) is 38.0 Å². The van der Waals surface area contributed by atoms with E-state index in [1.54, 1.807) is 4.90 Å². The van der Waals surface area contributed by atoms with Crippen molar-refractivity contribution in [3.63, 3.8) is 0 Å². The zero-order chi connectivity index (χ0) is 13.3. The zero-order valence-electron chi connectivity index (χ0n) is 11.0. The minimum atomic E-state index is -0.267. The van der Waals surface area contributed by atoms with Gasteiger partial charge in [-0.1, -0.05) is 18.2 Å². The molecule has 0 spiro atoms. The second-order valence-corrected chi connectivity index (χ2v) is 4.95.